The van der Waals surface area contributed by atoms with Crippen LogP contribution >= 0.6 is 15.9 Å². The smallest absolute Gasteiger partial charge is 0.231 e. The van der Waals surface area contributed by atoms with Crippen molar-refractivity contribution >= 4 is 27.5 Å². The summed E-state index contributed by atoms with van der Waals surface area (Å²) in [6.45, 7) is 1.84. The molecule has 3 nitrogen and oxygen atoms in total. The maximum atomic E-state index is 12.2. The molecule has 0 saturated carbocycles. The monoisotopic (exact) mass is 328 g/mol. The van der Waals surface area contributed by atoms with E-state index in [4.69, 9.17) is 5.26 Å². The van der Waals surface area contributed by atoms with Gasteiger partial charge in [0.25, 0.3) is 0 Å². The summed E-state index contributed by atoms with van der Waals surface area (Å²) in [4.78, 5) is 12.2. The molecule has 20 heavy (non-hydrogen) atoms. The summed E-state index contributed by atoms with van der Waals surface area (Å²) in [5.41, 5.74) is 1.91. The first-order valence-corrected chi connectivity index (χ1v) is 6.96. The fraction of sp³-hybridized carbons (Fsp3) is 0.125. The number of carbonyl (C=O) groups excluding carboxylic acids is 1. The molecule has 0 saturated heterocycles. The lowest BCUT2D eigenvalue weighted by molar-refractivity contribution is -0.117. The molecule has 1 N–H and O–H groups in total. The van der Waals surface area contributed by atoms with Gasteiger partial charge in [-0.15, -0.1) is 0 Å². The van der Waals surface area contributed by atoms with Crippen LogP contribution in [-0.4, -0.2) is 5.91 Å². The van der Waals surface area contributed by atoms with Crippen molar-refractivity contribution in [1.29, 1.82) is 5.26 Å². The molecule has 0 aliphatic carbocycles. The number of carbonyl (C=O) groups is 1. The minimum Gasteiger partial charge on any atom is -0.324 e. The summed E-state index contributed by atoms with van der Waals surface area (Å²) < 4.78 is 0.808. The van der Waals surface area contributed by atoms with Gasteiger partial charge in [0.1, 0.15) is 6.07 Å². The molecule has 2 aromatic rings. The van der Waals surface area contributed by atoms with E-state index in [1.54, 1.807) is 18.2 Å². The Labute approximate surface area is 126 Å². The SMILES string of the molecule is CC(C(=O)Nc1ccc(Br)cc1C#N)c1ccccc1. The third kappa shape index (κ3) is 3.25. The van der Waals surface area contributed by atoms with Crippen LogP contribution < -0.4 is 5.32 Å². The Morgan fingerprint density at radius 2 is 1.95 bits per heavy atom. The van der Waals surface area contributed by atoms with E-state index in [2.05, 4.69) is 27.3 Å². The van der Waals surface area contributed by atoms with E-state index in [-0.39, 0.29) is 11.8 Å². The minimum atomic E-state index is -0.272. The highest BCUT2D eigenvalue weighted by Crippen LogP contribution is 2.22. The van der Waals surface area contributed by atoms with Gasteiger partial charge in [0.15, 0.2) is 0 Å². The van der Waals surface area contributed by atoms with E-state index in [1.807, 2.05) is 37.3 Å². The normalized spacial score (nSPS) is 11.4. The van der Waals surface area contributed by atoms with Crippen LogP contribution in [0.15, 0.2) is 53.0 Å². The largest absolute Gasteiger partial charge is 0.324 e. The quantitative estimate of drug-likeness (QED) is 0.923. The molecule has 1 amide bonds. The number of nitrogens with zero attached hydrogens (tertiary/aromatic N) is 1. The van der Waals surface area contributed by atoms with Gasteiger partial charge in [0, 0.05) is 4.47 Å². The number of rotatable bonds is 3. The Hall–Kier alpha value is -2.12. The fourth-order valence-electron chi connectivity index (χ4n) is 1.85. The molecule has 0 fully saturated rings. The molecular weight excluding hydrogens is 316 g/mol. The lowest BCUT2D eigenvalue weighted by Crippen LogP contribution is -2.19. The third-order valence-corrected chi connectivity index (χ3v) is 3.55. The molecule has 2 rings (SSSR count). The molecule has 2 aromatic carbocycles. The Kier molecular flexibility index (Phi) is 4.54. The van der Waals surface area contributed by atoms with Gasteiger partial charge in [-0.1, -0.05) is 46.3 Å². The zero-order valence-electron chi connectivity index (χ0n) is 10.9. The number of hydrogen-bond acceptors (Lipinski definition) is 2. The Balaban J connectivity index is 2.19. The van der Waals surface area contributed by atoms with Gasteiger partial charge >= 0.3 is 0 Å². The molecule has 1 atom stereocenters. The minimum absolute atomic E-state index is 0.130. The second-order valence-electron chi connectivity index (χ2n) is 4.42. The predicted molar refractivity (Wildman–Crippen MR) is 82.3 cm³/mol. The van der Waals surface area contributed by atoms with Gasteiger partial charge in [0.2, 0.25) is 5.91 Å². The maximum Gasteiger partial charge on any atom is 0.231 e. The van der Waals surface area contributed by atoms with Gasteiger partial charge in [-0.3, -0.25) is 4.79 Å². The highest BCUT2D eigenvalue weighted by atomic mass is 79.9. The number of benzene rings is 2. The average Bonchev–Trinajstić information content (AvgIpc) is 2.49. The second-order valence-corrected chi connectivity index (χ2v) is 5.34. The van der Waals surface area contributed by atoms with Crippen molar-refractivity contribution in [2.75, 3.05) is 5.32 Å². The van der Waals surface area contributed by atoms with Gasteiger partial charge in [-0.25, -0.2) is 0 Å². The summed E-state index contributed by atoms with van der Waals surface area (Å²) in [7, 11) is 0. The zero-order valence-corrected chi connectivity index (χ0v) is 12.5. The van der Waals surface area contributed by atoms with Crippen molar-refractivity contribution in [2.45, 2.75) is 12.8 Å². The molecule has 100 valence electrons. The van der Waals surface area contributed by atoms with E-state index < -0.39 is 0 Å². The van der Waals surface area contributed by atoms with E-state index in [1.165, 1.54) is 0 Å². The highest BCUT2D eigenvalue weighted by Gasteiger charge is 2.16. The number of hydrogen-bond donors (Lipinski definition) is 1. The highest BCUT2D eigenvalue weighted by molar-refractivity contribution is 9.10. The number of halogens is 1. The van der Waals surface area contributed by atoms with E-state index in [0.717, 1.165) is 10.0 Å². The third-order valence-electron chi connectivity index (χ3n) is 3.05. The fourth-order valence-corrected chi connectivity index (χ4v) is 2.21. The summed E-state index contributed by atoms with van der Waals surface area (Å²) in [5, 5.41) is 11.9. The lowest BCUT2D eigenvalue weighted by atomic mass is 10.0. The van der Waals surface area contributed by atoms with Crippen LogP contribution in [0.2, 0.25) is 0 Å². The maximum absolute atomic E-state index is 12.2. The van der Waals surface area contributed by atoms with Crippen LogP contribution in [0.5, 0.6) is 0 Å². The van der Waals surface area contributed by atoms with Crippen LogP contribution in [0.1, 0.15) is 24.0 Å². The average molecular weight is 329 g/mol. The second kappa shape index (κ2) is 6.36. The summed E-state index contributed by atoms with van der Waals surface area (Å²) in [6, 6.07) is 16.8. The van der Waals surface area contributed by atoms with Gasteiger partial charge in [-0.2, -0.15) is 5.26 Å². The van der Waals surface area contributed by atoms with Crippen LogP contribution in [0.4, 0.5) is 5.69 Å². The summed E-state index contributed by atoms with van der Waals surface area (Å²) in [5.74, 6) is -0.401. The van der Waals surface area contributed by atoms with Crippen LogP contribution in [0, 0.1) is 11.3 Å². The van der Waals surface area contributed by atoms with E-state index >= 15 is 0 Å². The van der Waals surface area contributed by atoms with Crippen molar-refractivity contribution in [1.82, 2.24) is 0 Å². The number of anilines is 1. The predicted octanol–water partition coefficient (Wildman–Crippen LogP) is 4.06. The van der Waals surface area contributed by atoms with Gasteiger partial charge in [-0.05, 0) is 30.7 Å². The molecule has 0 radical (unpaired) electrons. The Bertz CT molecular complexity index is 662. The lowest BCUT2D eigenvalue weighted by Gasteiger charge is -2.13. The first-order valence-electron chi connectivity index (χ1n) is 6.17. The standard InChI is InChI=1S/C16H13BrN2O/c1-11(12-5-3-2-4-6-12)16(20)19-15-8-7-14(17)9-13(15)10-18/h2-9,11H,1H3,(H,19,20). The molecule has 1 unspecified atom stereocenters. The molecule has 0 heterocycles. The van der Waals surface area contributed by atoms with Crippen molar-refractivity contribution in [3.05, 3.63) is 64.1 Å². The van der Waals surface area contributed by atoms with Gasteiger partial charge in [0.05, 0.1) is 17.2 Å². The zero-order chi connectivity index (χ0) is 14.5. The number of amides is 1. The molecule has 0 aromatic heterocycles. The molecular formula is C16H13BrN2O. The van der Waals surface area contributed by atoms with Crippen molar-refractivity contribution in [3.8, 4) is 6.07 Å². The molecule has 0 aliphatic heterocycles. The van der Waals surface area contributed by atoms with Crippen molar-refractivity contribution in [3.63, 3.8) is 0 Å². The summed E-state index contributed by atoms with van der Waals surface area (Å²) >= 11 is 3.31. The molecule has 0 aliphatic rings. The molecule has 0 bridgehead atoms. The van der Waals surface area contributed by atoms with E-state index in [9.17, 15) is 4.79 Å². The van der Waals surface area contributed by atoms with Crippen LogP contribution in [-0.2, 0) is 4.79 Å². The van der Waals surface area contributed by atoms with Crippen LogP contribution in [0.3, 0.4) is 0 Å². The first-order chi connectivity index (χ1) is 9.61. The number of nitriles is 1. The topological polar surface area (TPSA) is 52.9 Å². The van der Waals surface area contributed by atoms with E-state index in [0.29, 0.717) is 11.3 Å². The first kappa shape index (κ1) is 14.3. The number of nitrogens with one attached hydrogen (secondary N) is 1. The summed E-state index contributed by atoms with van der Waals surface area (Å²) in [6.07, 6.45) is 0. The van der Waals surface area contributed by atoms with Crippen LogP contribution in [0.25, 0.3) is 0 Å². The van der Waals surface area contributed by atoms with Crippen molar-refractivity contribution < 1.29 is 4.79 Å². The van der Waals surface area contributed by atoms with Gasteiger partial charge < -0.3 is 5.32 Å². The Morgan fingerprint density at radius 3 is 2.60 bits per heavy atom. The Morgan fingerprint density at radius 1 is 1.25 bits per heavy atom. The molecule has 0 spiro atoms. The van der Waals surface area contributed by atoms with Crippen molar-refractivity contribution in [2.24, 2.45) is 0 Å². The molecule has 4 heteroatoms.